The number of hydrogen-bond acceptors (Lipinski definition) is 17. The van der Waals surface area contributed by atoms with Gasteiger partial charge in [-0.05, 0) is 108 Å². The van der Waals surface area contributed by atoms with Crippen molar-refractivity contribution < 1.29 is 78.0 Å². The number of amides is 1. The van der Waals surface area contributed by atoms with Gasteiger partial charge in [0.15, 0.2) is 5.78 Å². The summed E-state index contributed by atoms with van der Waals surface area (Å²) in [7, 11) is 3.92. The van der Waals surface area contributed by atoms with Gasteiger partial charge < -0.3 is 54.1 Å². The van der Waals surface area contributed by atoms with Gasteiger partial charge in [-0.15, -0.1) is 0 Å². The van der Waals surface area contributed by atoms with Gasteiger partial charge in [0, 0.05) is 71.1 Å². The van der Waals surface area contributed by atoms with Gasteiger partial charge in [0.1, 0.15) is 36.2 Å². The molecule has 4 bridgehead atoms. The molecule has 3 saturated heterocycles. The molecule has 4 fully saturated rings. The van der Waals surface area contributed by atoms with Crippen molar-refractivity contribution in [3.8, 4) is 0 Å². The van der Waals surface area contributed by atoms with Crippen molar-refractivity contribution in [2.24, 2.45) is 41.4 Å². The zero-order valence-corrected chi connectivity index (χ0v) is 45.4. The number of aliphatic hydroxyl groups excluding tert-OH is 4. The second-order valence-corrected chi connectivity index (χ2v) is 21.4. The van der Waals surface area contributed by atoms with E-state index in [9.17, 15) is 49.2 Å². The third-order valence-electron chi connectivity index (χ3n) is 16.0. The molecule has 4 aliphatic heterocycles. The van der Waals surface area contributed by atoms with Crippen molar-refractivity contribution in [3.63, 3.8) is 0 Å². The standard InChI is InChI=1S/C55H84N2O15.CH4O/c1-33-13-10-9-11-14-34(2)27-36(4)49(62)51(69-8)50(63)37(5)28-35(3)43(60)31-45-42(29-39-18-21-44(46(30-39)68-7)70-47(61)32-56(23-25-58)24-26-59)41-15-12-22-57(48(41)54(66)71-45)53(65)52(64)55(67)38(6)17-20-40(72-55)19-16-33;1-2/h9-11,13-14,28,34-36,38-42,44-46,48,50-51,58-59,63,67H,12,15-27,29-32H2,1-8H3;2H,1H3/b10-9+,14-11+,33-13+,37-28+;/t34-,35-,36?,38?,39?,40-,41?,42+,44-,45+,46?,48?,50?,51+,55?;/m1./s1. The number of allylic oxidation sites excluding steroid dienone is 7. The van der Waals surface area contributed by atoms with E-state index in [-0.39, 0.29) is 69.2 Å². The fourth-order valence-corrected chi connectivity index (χ4v) is 11.7. The predicted octanol–water partition coefficient (Wildman–Crippen LogP) is 4.22. The molecule has 4 heterocycles. The largest absolute Gasteiger partial charge is 0.460 e. The van der Waals surface area contributed by atoms with Crippen LogP contribution in [0.15, 0.2) is 47.6 Å². The van der Waals surface area contributed by atoms with Crippen LogP contribution in [0, 0.1) is 41.4 Å². The Morgan fingerprint density at radius 3 is 2.24 bits per heavy atom. The van der Waals surface area contributed by atoms with E-state index in [0.717, 1.165) is 12.7 Å². The summed E-state index contributed by atoms with van der Waals surface area (Å²) in [5.41, 5.74) is 1.42. The number of methoxy groups -OCH3 is 2. The highest BCUT2D eigenvalue weighted by Crippen LogP contribution is 2.45. The molecule has 8 unspecified atom stereocenters. The van der Waals surface area contributed by atoms with E-state index in [4.69, 9.17) is 28.8 Å². The Bertz CT molecular complexity index is 2000. The molecule has 5 N–H and O–H groups in total. The quantitative estimate of drug-likeness (QED) is 0.110. The van der Waals surface area contributed by atoms with E-state index in [1.807, 2.05) is 51.2 Å². The van der Waals surface area contributed by atoms with Crippen LogP contribution in [0.25, 0.3) is 0 Å². The minimum Gasteiger partial charge on any atom is -0.460 e. The fourth-order valence-electron chi connectivity index (χ4n) is 11.7. The molecular formula is C56H88N2O16. The number of hydrogen-bond donors (Lipinski definition) is 5. The molecule has 18 nitrogen and oxygen atoms in total. The molecule has 1 saturated carbocycles. The lowest BCUT2D eigenvalue weighted by Crippen LogP contribution is -2.65. The van der Waals surface area contributed by atoms with Crippen LogP contribution in [0.5, 0.6) is 0 Å². The van der Waals surface area contributed by atoms with E-state index in [0.29, 0.717) is 76.2 Å². The average molecular weight is 1050 g/mol. The number of fused-ring (bicyclic) bond motifs is 4. The summed E-state index contributed by atoms with van der Waals surface area (Å²) in [6, 6.07) is -1.17. The van der Waals surface area contributed by atoms with Crippen LogP contribution in [-0.2, 0) is 52.5 Å². The second-order valence-electron chi connectivity index (χ2n) is 21.4. The highest BCUT2D eigenvalue weighted by molar-refractivity contribution is 6.39. The Balaban J connectivity index is 0.00000585. The minimum atomic E-state index is -2.41. The normalized spacial score (nSPS) is 37.7. The lowest BCUT2D eigenvalue weighted by atomic mass is 9.68. The van der Waals surface area contributed by atoms with E-state index < -0.39 is 102 Å². The molecular weight excluding hydrogens is 957 g/mol. The van der Waals surface area contributed by atoms with Crippen molar-refractivity contribution in [2.75, 3.05) is 60.7 Å². The Morgan fingerprint density at radius 1 is 0.878 bits per heavy atom. The number of ketones is 3. The summed E-state index contributed by atoms with van der Waals surface area (Å²) in [6.07, 6.45) is 11.7. The number of aliphatic hydroxyl groups is 5. The first-order chi connectivity index (χ1) is 35.3. The summed E-state index contributed by atoms with van der Waals surface area (Å²) in [5, 5.41) is 49.4. The van der Waals surface area contributed by atoms with Crippen LogP contribution in [0.1, 0.15) is 119 Å². The lowest BCUT2D eigenvalue weighted by Gasteiger charge is -2.50. The van der Waals surface area contributed by atoms with Gasteiger partial charge in [-0.3, -0.25) is 28.9 Å². The van der Waals surface area contributed by atoms with Crippen molar-refractivity contribution in [3.05, 3.63) is 47.6 Å². The molecule has 15 atom stereocenters. The van der Waals surface area contributed by atoms with Gasteiger partial charge in [-0.2, -0.15) is 0 Å². The van der Waals surface area contributed by atoms with Crippen LogP contribution in [0.2, 0.25) is 0 Å². The zero-order valence-electron chi connectivity index (χ0n) is 45.4. The van der Waals surface area contributed by atoms with Crippen molar-refractivity contribution >= 4 is 35.2 Å². The van der Waals surface area contributed by atoms with Gasteiger partial charge in [0.05, 0.1) is 32.0 Å². The number of Topliss-reactive ketones (excluding diaryl/α,β-unsaturated/α-hetero) is 3. The number of rotatable bonds is 11. The van der Waals surface area contributed by atoms with Gasteiger partial charge in [0.25, 0.3) is 11.7 Å². The van der Waals surface area contributed by atoms with Crippen molar-refractivity contribution in [1.29, 1.82) is 0 Å². The van der Waals surface area contributed by atoms with E-state index in [1.165, 1.54) is 12.0 Å². The summed E-state index contributed by atoms with van der Waals surface area (Å²) < 4.78 is 29.8. The summed E-state index contributed by atoms with van der Waals surface area (Å²) >= 11 is 0. The Hall–Kier alpha value is -3.98. The molecule has 1 aliphatic carbocycles. The number of nitrogens with zero attached hydrogens (tertiary/aromatic N) is 2. The fraction of sp³-hybridized carbons (Fsp3) is 0.750. The van der Waals surface area contributed by atoms with E-state index >= 15 is 0 Å². The first-order valence-corrected chi connectivity index (χ1v) is 26.8. The first kappa shape index (κ1) is 62.6. The van der Waals surface area contributed by atoms with Crippen LogP contribution >= 0.6 is 0 Å². The van der Waals surface area contributed by atoms with Gasteiger partial charge in [-0.25, -0.2) is 4.79 Å². The van der Waals surface area contributed by atoms with Crippen LogP contribution in [0.3, 0.4) is 0 Å². The third kappa shape index (κ3) is 16.5. The highest BCUT2D eigenvalue weighted by atomic mass is 16.6. The predicted molar refractivity (Wildman–Crippen MR) is 275 cm³/mol. The van der Waals surface area contributed by atoms with Crippen molar-refractivity contribution in [2.45, 2.75) is 167 Å². The first-order valence-electron chi connectivity index (χ1n) is 26.8. The van der Waals surface area contributed by atoms with Crippen LogP contribution in [0.4, 0.5) is 0 Å². The molecule has 18 heteroatoms. The Labute approximate surface area is 438 Å². The maximum atomic E-state index is 14.5. The minimum absolute atomic E-state index is 0.0293. The maximum Gasteiger partial charge on any atom is 0.329 e. The molecule has 1 amide bonds. The maximum absolute atomic E-state index is 14.5. The number of esters is 2. The molecule has 5 rings (SSSR count). The van der Waals surface area contributed by atoms with Crippen LogP contribution in [-0.4, -0.2) is 180 Å². The molecule has 0 spiro atoms. The third-order valence-corrected chi connectivity index (χ3v) is 16.0. The highest BCUT2D eigenvalue weighted by Gasteiger charge is 2.57. The van der Waals surface area contributed by atoms with Gasteiger partial charge >= 0.3 is 11.9 Å². The number of carbonyl (C=O) groups is 6. The lowest BCUT2D eigenvalue weighted by molar-refractivity contribution is -0.263. The monoisotopic (exact) mass is 1040 g/mol. The summed E-state index contributed by atoms with van der Waals surface area (Å²) in [6.45, 7) is 10.8. The smallest absolute Gasteiger partial charge is 0.329 e. The second kappa shape index (κ2) is 30.1. The van der Waals surface area contributed by atoms with Crippen molar-refractivity contribution in [1.82, 2.24) is 9.80 Å². The number of piperidine rings is 1. The molecule has 0 aromatic heterocycles. The molecule has 5 aliphatic rings. The van der Waals surface area contributed by atoms with Gasteiger partial charge in [0.2, 0.25) is 5.79 Å². The zero-order chi connectivity index (χ0) is 54.9. The van der Waals surface area contributed by atoms with E-state index in [2.05, 4.69) is 0 Å². The molecule has 0 radical (unpaired) electrons. The Kier molecular flexibility index (Phi) is 25.4. The summed E-state index contributed by atoms with van der Waals surface area (Å²) in [5.74, 6) is -9.28. The van der Waals surface area contributed by atoms with Gasteiger partial charge in [-0.1, -0.05) is 69.7 Å². The topological polar surface area (TPSA) is 256 Å². The molecule has 0 aromatic rings. The average Bonchev–Trinajstić information content (AvgIpc) is 3.37. The SMILES string of the molecule is CO.COC1CC(C[C@H]2C3CCCN4C(=O)C(=O)C5(O)O[C@H](CC/C(C)=C/C=C/C=C/[C@@H](C)CC(C)C(=O)[C@H](OC)C(O)/C(C)=C/[C@@H](C)C(=O)C[C@@H]2OC(=O)C34)CCC5C)CC[C@H]1OC(=O)CN(CCO)CCO. The Morgan fingerprint density at radius 2 is 1.58 bits per heavy atom. The number of carbonyl (C=O) groups excluding carboxylic acids is 6. The summed E-state index contributed by atoms with van der Waals surface area (Å²) in [4.78, 5) is 87.2. The van der Waals surface area contributed by atoms with E-state index in [1.54, 1.807) is 38.9 Å². The molecule has 74 heavy (non-hydrogen) atoms. The molecule has 0 aromatic carbocycles. The van der Waals surface area contributed by atoms with Crippen LogP contribution < -0.4 is 0 Å². The molecule has 418 valence electrons. The number of ether oxygens (including phenoxy) is 5.